The number of amides is 2. The summed E-state index contributed by atoms with van der Waals surface area (Å²) in [5.74, 6) is -6.56. The van der Waals surface area contributed by atoms with Crippen LogP contribution < -0.4 is 5.73 Å². The van der Waals surface area contributed by atoms with Crippen molar-refractivity contribution in [3.8, 4) is 0 Å². The van der Waals surface area contributed by atoms with Crippen molar-refractivity contribution in [2.75, 3.05) is 6.61 Å². The molecule has 0 aliphatic carbocycles. The molecule has 1 heterocycles. The molecule has 2 amide bonds. The molecule has 31 heavy (non-hydrogen) atoms. The van der Waals surface area contributed by atoms with Gasteiger partial charge in [0.1, 0.15) is 30.2 Å². The molecular weight excluding hydrogens is 447 g/mol. The predicted octanol–water partition coefficient (Wildman–Crippen LogP) is 3.95. The van der Waals surface area contributed by atoms with E-state index in [-0.39, 0.29) is 25.4 Å². The van der Waals surface area contributed by atoms with Gasteiger partial charge in [-0.25, -0.2) is 18.5 Å². The lowest BCUT2D eigenvalue weighted by molar-refractivity contribution is -0.163. The first kappa shape index (κ1) is 24.5. The average molecular weight is 465 g/mol. The number of nitrogens with two attached hydrogens (primary N) is 1. The van der Waals surface area contributed by atoms with E-state index in [9.17, 15) is 31.5 Å². The third-order valence-electron chi connectivity index (χ3n) is 4.75. The van der Waals surface area contributed by atoms with E-state index >= 15 is 0 Å². The van der Waals surface area contributed by atoms with Crippen LogP contribution in [0.2, 0.25) is 0 Å². The number of nitrogens with zero attached hydrogens (tertiary/aromatic N) is 1. The largest absolute Gasteiger partial charge is 0.447 e. The van der Waals surface area contributed by atoms with Gasteiger partial charge in [-0.15, -0.1) is 12.4 Å². The van der Waals surface area contributed by atoms with Gasteiger partial charge in [0.05, 0.1) is 6.04 Å². The molecule has 0 spiro atoms. The van der Waals surface area contributed by atoms with Crippen molar-refractivity contribution in [2.24, 2.45) is 5.73 Å². The van der Waals surface area contributed by atoms with E-state index < -0.39 is 53.4 Å². The van der Waals surface area contributed by atoms with Gasteiger partial charge in [0, 0.05) is 6.07 Å². The Balaban J connectivity index is 0.00000341. The zero-order chi connectivity index (χ0) is 22.1. The molecule has 2 N–H and O–H groups in total. The highest BCUT2D eigenvalue weighted by atomic mass is 35.5. The highest BCUT2D eigenvalue weighted by molar-refractivity contribution is 5.97. The van der Waals surface area contributed by atoms with Crippen LogP contribution in [0, 0.1) is 11.6 Å². The third kappa shape index (κ3) is 5.50. The fourth-order valence-corrected chi connectivity index (χ4v) is 3.42. The number of carbonyl (C=O) groups is 2. The molecule has 1 fully saturated rings. The average Bonchev–Trinajstić information content (AvgIpc) is 3.00. The van der Waals surface area contributed by atoms with Crippen molar-refractivity contribution >= 4 is 24.4 Å². The van der Waals surface area contributed by atoms with Crippen LogP contribution in [0.1, 0.15) is 17.0 Å². The first-order valence-corrected chi connectivity index (χ1v) is 8.90. The molecule has 168 valence electrons. The van der Waals surface area contributed by atoms with Crippen LogP contribution in [0.25, 0.3) is 0 Å². The van der Waals surface area contributed by atoms with Gasteiger partial charge < -0.3 is 10.5 Å². The minimum Gasteiger partial charge on any atom is -0.447 e. The number of hydrogen-bond acceptors (Lipinski definition) is 4. The Morgan fingerprint density at radius 2 is 1.71 bits per heavy atom. The van der Waals surface area contributed by atoms with E-state index in [2.05, 4.69) is 0 Å². The lowest BCUT2D eigenvalue weighted by Crippen LogP contribution is -2.53. The van der Waals surface area contributed by atoms with Crippen LogP contribution in [0.4, 0.5) is 26.7 Å². The second-order valence-corrected chi connectivity index (χ2v) is 6.88. The van der Waals surface area contributed by atoms with Gasteiger partial charge in [0.15, 0.2) is 0 Å². The molecule has 3 unspecified atom stereocenters. The van der Waals surface area contributed by atoms with Gasteiger partial charge in [0.2, 0.25) is 5.91 Å². The van der Waals surface area contributed by atoms with Gasteiger partial charge >= 0.3 is 12.3 Å². The maximum absolute atomic E-state index is 13.7. The van der Waals surface area contributed by atoms with Crippen molar-refractivity contribution < 1.29 is 36.3 Å². The molecule has 1 aliphatic rings. The zero-order valence-corrected chi connectivity index (χ0v) is 16.6. The standard InChI is InChI=1S/C20H17F5N2O3.ClH/c21-13-7-12(8-14(22)9-13)16(20(23,24)25)17(26)18(28)27-15(10-30-19(27)29)6-11-4-2-1-3-5-11;/h1-5,7-9,15-17H,6,10,26H2;1H. The Kier molecular flexibility index (Phi) is 7.61. The molecule has 3 atom stereocenters. The van der Waals surface area contributed by atoms with Crippen molar-refractivity contribution in [1.82, 2.24) is 4.90 Å². The number of imide groups is 1. The van der Waals surface area contributed by atoms with E-state index in [4.69, 9.17) is 10.5 Å². The topological polar surface area (TPSA) is 72.6 Å². The van der Waals surface area contributed by atoms with Crippen LogP contribution in [-0.2, 0) is 16.0 Å². The number of halogens is 6. The first-order chi connectivity index (χ1) is 14.1. The molecule has 1 aliphatic heterocycles. The number of benzene rings is 2. The molecule has 11 heteroatoms. The molecule has 2 aromatic carbocycles. The lowest BCUT2D eigenvalue weighted by Gasteiger charge is -2.29. The summed E-state index contributed by atoms with van der Waals surface area (Å²) >= 11 is 0. The van der Waals surface area contributed by atoms with Crippen molar-refractivity contribution in [1.29, 1.82) is 0 Å². The molecule has 0 saturated carbocycles. The maximum atomic E-state index is 13.7. The summed E-state index contributed by atoms with van der Waals surface area (Å²) in [6.45, 7) is -0.211. The summed E-state index contributed by atoms with van der Waals surface area (Å²) in [6.07, 6.45) is -6.08. The summed E-state index contributed by atoms with van der Waals surface area (Å²) in [6, 6.07) is 6.79. The summed E-state index contributed by atoms with van der Waals surface area (Å²) in [4.78, 5) is 25.4. The molecule has 0 radical (unpaired) electrons. The van der Waals surface area contributed by atoms with Crippen molar-refractivity contribution in [3.63, 3.8) is 0 Å². The Hall–Kier alpha value is -2.72. The first-order valence-electron chi connectivity index (χ1n) is 8.90. The molecule has 1 saturated heterocycles. The predicted molar refractivity (Wildman–Crippen MR) is 103 cm³/mol. The summed E-state index contributed by atoms with van der Waals surface area (Å²) in [5, 5.41) is 0. The molecule has 0 aromatic heterocycles. The Labute approximate surface area is 180 Å². The van der Waals surface area contributed by atoms with Crippen LogP contribution in [-0.4, -0.2) is 41.8 Å². The van der Waals surface area contributed by atoms with E-state index in [1.807, 2.05) is 0 Å². The fraction of sp³-hybridized carbons (Fsp3) is 0.300. The van der Waals surface area contributed by atoms with Crippen LogP contribution >= 0.6 is 12.4 Å². The summed E-state index contributed by atoms with van der Waals surface area (Å²) < 4.78 is 72.9. The van der Waals surface area contributed by atoms with Crippen molar-refractivity contribution in [3.05, 3.63) is 71.3 Å². The van der Waals surface area contributed by atoms with Crippen LogP contribution in [0.3, 0.4) is 0 Å². The fourth-order valence-electron chi connectivity index (χ4n) is 3.42. The quantitative estimate of drug-likeness (QED) is 0.680. The molecule has 5 nitrogen and oxygen atoms in total. The summed E-state index contributed by atoms with van der Waals surface area (Å²) in [7, 11) is 0. The lowest BCUT2D eigenvalue weighted by atomic mass is 9.89. The number of rotatable bonds is 5. The smallest absolute Gasteiger partial charge is 0.417 e. The Morgan fingerprint density at radius 1 is 1.13 bits per heavy atom. The zero-order valence-electron chi connectivity index (χ0n) is 15.8. The van der Waals surface area contributed by atoms with E-state index in [0.29, 0.717) is 23.1 Å². The van der Waals surface area contributed by atoms with Gasteiger partial charge in [-0.05, 0) is 29.7 Å². The maximum Gasteiger partial charge on any atom is 0.417 e. The van der Waals surface area contributed by atoms with Crippen LogP contribution in [0.15, 0.2) is 48.5 Å². The third-order valence-corrected chi connectivity index (χ3v) is 4.75. The normalized spacial score (nSPS) is 18.2. The number of ether oxygens (including phenoxy) is 1. The number of alkyl halides is 3. The van der Waals surface area contributed by atoms with Crippen molar-refractivity contribution in [2.45, 2.75) is 30.6 Å². The van der Waals surface area contributed by atoms with E-state index in [0.717, 1.165) is 5.56 Å². The molecule has 0 bridgehead atoms. The van der Waals surface area contributed by atoms with Gasteiger partial charge in [-0.1, -0.05) is 30.3 Å². The molecular formula is C20H18ClF5N2O3. The number of carbonyl (C=O) groups excluding carboxylic acids is 2. The Morgan fingerprint density at radius 3 is 2.26 bits per heavy atom. The molecule has 2 aromatic rings. The van der Waals surface area contributed by atoms with E-state index in [1.54, 1.807) is 30.3 Å². The number of hydrogen-bond donors (Lipinski definition) is 1. The van der Waals surface area contributed by atoms with Gasteiger partial charge in [-0.2, -0.15) is 13.2 Å². The monoisotopic (exact) mass is 464 g/mol. The summed E-state index contributed by atoms with van der Waals surface area (Å²) in [5.41, 5.74) is 5.49. The second kappa shape index (κ2) is 9.61. The Bertz CT molecular complexity index is 922. The SMILES string of the molecule is Cl.NC(C(=O)N1C(=O)OCC1Cc1ccccc1)C(c1cc(F)cc(F)c1)C(F)(F)F. The highest BCUT2D eigenvalue weighted by Crippen LogP contribution is 2.38. The highest BCUT2D eigenvalue weighted by Gasteiger charge is 2.51. The second-order valence-electron chi connectivity index (χ2n) is 6.88. The van der Waals surface area contributed by atoms with Gasteiger partial charge in [-0.3, -0.25) is 4.79 Å². The van der Waals surface area contributed by atoms with Crippen LogP contribution in [0.5, 0.6) is 0 Å². The van der Waals surface area contributed by atoms with E-state index in [1.165, 1.54) is 0 Å². The number of cyclic esters (lactones) is 1. The molecule has 3 rings (SSSR count). The minimum absolute atomic E-state index is 0. The minimum atomic E-state index is -5.10. The van der Waals surface area contributed by atoms with Gasteiger partial charge in [0.25, 0.3) is 0 Å².